The van der Waals surface area contributed by atoms with E-state index in [1.165, 1.54) is 6.92 Å². The summed E-state index contributed by atoms with van der Waals surface area (Å²) in [5.41, 5.74) is 7.63. The molecule has 0 bridgehead atoms. The molecule has 0 N–H and O–H groups in total. The van der Waals surface area contributed by atoms with Crippen LogP contribution in [-0.4, -0.2) is 15.0 Å². The highest BCUT2D eigenvalue weighted by Gasteiger charge is 2.03. The fourth-order valence-electron chi connectivity index (χ4n) is 0.217. The van der Waals surface area contributed by atoms with Gasteiger partial charge in [0.05, 0.1) is 11.1 Å². The van der Waals surface area contributed by atoms with Crippen LogP contribution in [0.25, 0.3) is 10.4 Å². The Balaban J connectivity index is 4.22. The van der Waals surface area contributed by atoms with Crippen LogP contribution in [0.1, 0.15) is 6.92 Å². The summed E-state index contributed by atoms with van der Waals surface area (Å²) < 4.78 is 26.8. The topological polar surface area (TPSA) is 92.1 Å². The normalized spacial score (nSPS) is 10.3. The fraction of sp³-hybridized carbons (Fsp3) is 1.00. The van der Waals surface area contributed by atoms with Crippen molar-refractivity contribution in [2.45, 2.75) is 6.92 Å². The van der Waals surface area contributed by atoms with Crippen LogP contribution in [0.3, 0.4) is 0 Å². The maximum absolute atomic E-state index is 10.2. The Labute approximate surface area is 52.3 Å². The summed E-state index contributed by atoms with van der Waals surface area (Å²) in [6, 6.07) is 0. The molecule has 0 heterocycles. The van der Waals surface area contributed by atoms with Crippen molar-refractivity contribution in [1.82, 2.24) is 0 Å². The second-order valence-electron chi connectivity index (χ2n) is 1.01. The summed E-state index contributed by atoms with van der Waals surface area (Å²) in [5, 5.41) is 0. The second-order valence-corrected chi connectivity index (χ2v) is 2.26. The molecule has 9 heavy (non-hydrogen) atoms. The van der Waals surface area contributed by atoms with Crippen molar-refractivity contribution < 1.29 is 12.6 Å². The summed E-state index contributed by atoms with van der Waals surface area (Å²) >= 11 is 0. The van der Waals surface area contributed by atoms with E-state index in [0.29, 0.717) is 0 Å². The summed E-state index contributed by atoms with van der Waals surface area (Å²) in [4.78, 5) is 2.04. The first kappa shape index (κ1) is 8.22. The van der Waals surface area contributed by atoms with Crippen LogP contribution in [0, 0.1) is 0 Å². The first-order valence-corrected chi connectivity index (χ1v) is 3.44. The lowest BCUT2D eigenvalue weighted by Gasteiger charge is -1.90. The molecule has 0 aliphatic rings. The monoisotopic (exact) mass is 151 g/mol. The van der Waals surface area contributed by atoms with Crippen LogP contribution in [0.2, 0.25) is 0 Å². The molecule has 7 heteroatoms. The summed E-state index contributed by atoms with van der Waals surface area (Å²) in [7, 11) is -3.97. The number of rotatable bonds is 3. The van der Waals surface area contributed by atoms with Crippen molar-refractivity contribution in [2.75, 3.05) is 6.61 Å². The molecule has 0 saturated carbocycles. The van der Waals surface area contributed by atoms with Gasteiger partial charge < -0.3 is 0 Å². The Morgan fingerprint density at radius 3 is 2.67 bits per heavy atom. The maximum Gasteiger partial charge on any atom is 0.358 e. The molecule has 52 valence electrons. The highest BCUT2D eigenvalue weighted by Crippen LogP contribution is 1.92. The van der Waals surface area contributed by atoms with Crippen molar-refractivity contribution in [3.05, 3.63) is 10.4 Å². The van der Waals surface area contributed by atoms with Crippen LogP contribution in [0.15, 0.2) is 4.52 Å². The van der Waals surface area contributed by atoms with Crippen molar-refractivity contribution in [3.63, 3.8) is 0 Å². The zero-order valence-electron chi connectivity index (χ0n) is 4.68. The van der Waals surface area contributed by atoms with Gasteiger partial charge in [-0.3, -0.25) is 4.18 Å². The molecule has 6 nitrogen and oxygen atoms in total. The summed E-state index contributed by atoms with van der Waals surface area (Å²) in [6.07, 6.45) is 0. The Morgan fingerprint density at radius 2 is 2.33 bits per heavy atom. The lowest BCUT2D eigenvalue weighted by molar-refractivity contribution is 0.338. The fourth-order valence-corrected chi connectivity index (χ4v) is 0.652. The minimum Gasteiger partial charge on any atom is -0.264 e. The van der Waals surface area contributed by atoms with E-state index in [9.17, 15) is 8.42 Å². The Kier molecular flexibility index (Phi) is 3.00. The molecule has 0 atom stereocenters. The quantitative estimate of drug-likeness (QED) is 0.335. The van der Waals surface area contributed by atoms with Crippen molar-refractivity contribution in [2.24, 2.45) is 4.52 Å². The molecule has 0 aliphatic heterocycles. The summed E-state index contributed by atoms with van der Waals surface area (Å²) in [6.45, 7) is 1.45. The maximum atomic E-state index is 10.2. The molecule has 0 unspecified atom stereocenters. The predicted molar refractivity (Wildman–Crippen MR) is 29.7 cm³/mol. The average molecular weight is 151 g/mol. The van der Waals surface area contributed by atoms with Gasteiger partial charge in [-0.25, -0.2) is 0 Å². The number of hydrogen-bond acceptors (Lipinski definition) is 3. The van der Waals surface area contributed by atoms with Gasteiger partial charge in [-0.2, -0.15) is 8.42 Å². The molecular formula is C2H5N3O3S. The van der Waals surface area contributed by atoms with Gasteiger partial charge in [0, 0.05) is 4.91 Å². The largest absolute Gasteiger partial charge is 0.358 e. The molecule has 0 fully saturated rings. The highest BCUT2D eigenvalue weighted by molar-refractivity contribution is 7.85. The molecule has 0 aliphatic carbocycles. The standard InChI is InChI=1S/C2H5N3O3S/c1-2-8-9(6,7)5-4-3/h2H2,1H3. The van der Waals surface area contributed by atoms with Gasteiger partial charge in [0.25, 0.3) is 0 Å². The van der Waals surface area contributed by atoms with Crippen LogP contribution in [0.5, 0.6) is 0 Å². The van der Waals surface area contributed by atoms with Crippen LogP contribution < -0.4 is 0 Å². The molecule has 0 aromatic rings. The van der Waals surface area contributed by atoms with Crippen molar-refractivity contribution >= 4 is 10.3 Å². The molecule has 0 amide bonds. The Bertz CT molecular complexity index is 213. The van der Waals surface area contributed by atoms with E-state index in [1.54, 1.807) is 0 Å². The van der Waals surface area contributed by atoms with E-state index in [-0.39, 0.29) is 6.61 Å². The van der Waals surface area contributed by atoms with E-state index < -0.39 is 10.3 Å². The smallest absolute Gasteiger partial charge is 0.264 e. The molecular weight excluding hydrogens is 146 g/mol. The predicted octanol–water partition coefficient (Wildman–Crippen LogP) is 0.578. The third-order valence-corrected chi connectivity index (χ3v) is 1.21. The zero-order valence-corrected chi connectivity index (χ0v) is 5.50. The van der Waals surface area contributed by atoms with Crippen molar-refractivity contribution in [3.8, 4) is 0 Å². The minimum atomic E-state index is -3.97. The first-order chi connectivity index (χ1) is 4.12. The van der Waals surface area contributed by atoms with E-state index >= 15 is 0 Å². The van der Waals surface area contributed by atoms with Gasteiger partial charge in [-0.15, -0.1) is 0 Å². The third-order valence-electron chi connectivity index (χ3n) is 0.403. The van der Waals surface area contributed by atoms with Crippen LogP contribution in [0.4, 0.5) is 0 Å². The van der Waals surface area contributed by atoms with Gasteiger partial charge in [-0.05, 0) is 12.5 Å². The molecule has 0 spiro atoms. The van der Waals surface area contributed by atoms with Crippen LogP contribution >= 0.6 is 0 Å². The first-order valence-electron chi connectivity index (χ1n) is 2.08. The molecule has 0 radical (unpaired) electrons. The van der Waals surface area contributed by atoms with Gasteiger partial charge >= 0.3 is 10.3 Å². The van der Waals surface area contributed by atoms with E-state index in [2.05, 4.69) is 8.70 Å². The van der Waals surface area contributed by atoms with Gasteiger partial charge in [0.15, 0.2) is 0 Å². The lowest BCUT2D eigenvalue weighted by Crippen LogP contribution is -1.99. The SMILES string of the molecule is CCOS(=O)(=O)N=[N+]=[N-]. The van der Waals surface area contributed by atoms with Gasteiger partial charge in [0.1, 0.15) is 0 Å². The zero-order chi connectivity index (χ0) is 7.33. The number of hydrogen-bond donors (Lipinski definition) is 0. The molecule has 0 aromatic heterocycles. The van der Waals surface area contributed by atoms with Crippen molar-refractivity contribution in [1.29, 1.82) is 0 Å². The molecule has 0 saturated heterocycles. The van der Waals surface area contributed by atoms with E-state index in [1.807, 2.05) is 4.91 Å². The Hall–Kier alpha value is -0.780. The lowest BCUT2D eigenvalue weighted by atomic mass is 10.9. The molecule has 0 rings (SSSR count). The average Bonchev–Trinajstić information content (AvgIpc) is 1.64. The van der Waals surface area contributed by atoms with Crippen LogP contribution in [-0.2, 0) is 14.5 Å². The van der Waals surface area contributed by atoms with E-state index in [4.69, 9.17) is 5.53 Å². The molecule has 0 aromatic carbocycles. The summed E-state index contributed by atoms with van der Waals surface area (Å²) in [5.74, 6) is 0. The minimum absolute atomic E-state index is 0.0264. The number of nitrogens with zero attached hydrogens (tertiary/aromatic N) is 3. The third kappa shape index (κ3) is 3.77. The number of azide groups is 1. The van der Waals surface area contributed by atoms with Gasteiger partial charge in [-0.1, -0.05) is 0 Å². The second kappa shape index (κ2) is 3.29. The van der Waals surface area contributed by atoms with Gasteiger partial charge in [0.2, 0.25) is 0 Å². The Morgan fingerprint density at radius 1 is 1.78 bits per heavy atom. The highest BCUT2D eigenvalue weighted by atomic mass is 32.2. The van der Waals surface area contributed by atoms with E-state index in [0.717, 1.165) is 0 Å².